The first-order valence-electron chi connectivity index (χ1n) is 11.2. The summed E-state index contributed by atoms with van der Waals surface area (Å²) in [6, 6.07) is 18.2. The number of ether oxygens (including phenoxy) is 3. The Morgan fingerprint density at radius 2 is 1.61 bits per heavy atom. The molecule has 9 heteroatoms. The first-order chi connectivity index (χ1) is 17.4. The number of urea groups is 1. The SMILES string of the molecule is COc1cc2nccc(Oc3ccc4c(NC(=O)Nc5ccc(C)cc5)nn(C)c4c3)c2cc1OC. The number of aryl methyl sites for hydroxylation is 2. The van der Waals surface area contributed by atoms with Crippen molar-refractivity contribution in [2.45, 2.75) is 6.92 Å². The highest BCUT2D eigenvalue weighted by Gasteiger charge is 2.15. The summed E-state index contributed by atoms with van der Waals surface area (Å²) in [5.74, 6) is 2.87. The number of carbonyl (C=O) groups excluding carboxylic acids is 1. The number of benzene rings is 3. The maximum absolute atomic E-state index is 12.5. The van der Waals surface area contributed by atoms with E-state index in [1.165, 1.54) is 0 Å². The predicted molar refractivity (Wildman–Crippen MR) is 139 cm³/mol. The molecule has 0 unspecified atom stereocenters. The number of anilines is 2. The van der Waals surface area contributed by atoms with Crippen LogP contribution in [0.15, 0.2) is 66.9 Å². The summed E-state index contributed by atoms with van der Waals surface area (Å²) in [4.78, 5) is 16.9. The Labute approximate surface area is 207 Å². The van der Waals surface area contributed by atoms with Gasteiger partial charge in [0.25, 0.3) is 0 Å². The Morgan fingerprint density at radius 1 is 0.861 bits per heavy atom. The molecule has 2 N–H and O–H groups in total. The zero-order chi connectivity index (χ0) is 25.2. The summed E-state index contributed by atoms with van der Waals surface area (Å²) < 4.78 is 18.7. The highest BCUT2D eigenvalue weighted by Crippen LogP contribution is 2.37. The fourth-order valence-electron chi connectivity index (χ4n) is 3.96. The van der Waals surface area contributed by atoms with Crippen molar-refractivity contribution in [2.24, 2.45) is 7.05 Å². The molecule has 0 saturated heterocycles. The quantitative estimate of drug-likeness (QED) is 0.313. The van der Waals surface area contributed by atoms with E-state index in [4.69, 9.17) is 14.2 Å². The summed E-state index contributed by atoms with van der Waals surface area (Å²) >= 11 is 0. The third kappa shape index (κ3) is 4.46. The molecule has 0 aliphatic heterocycles. The predicted octanol–water partition coefficient (Wildman–Crippen LogP) is 5.88. The van der Waals surface area contributed by atoms with Crippen molar-refractivity contribution in [2.75, 3.05) is 24.9 Å². The van der Waals surface area contributed by atoms with Crippen LogP contribution < -0.4 is 24.8 Å². The third-order valence-corrected chi connectivity index (χ3v) is 5.80. The monoisotopic (exact) mass is 483 g/mol. The van der Waals surface area contributed by atoms with Crippen LogP contribution in [0.2, 0.25) is 0 Å². The van der Waals surface area contributed by atoms with Crippen LogP contribution >= 0.6 is 0 Å². The second-order valence-corrected chi connectivity index (χ2v) is 8.23. The highest BCUT2D eigenvalue weighted by molar-refractivity contribution is 6.04. The molecule has 0 aliphatic rings. The number of hydrogen-bond donors (Lipinski definition) is 2. The Kier molecular flexibility index (Phi) is 6.03. The number of carbonyl (C=O) groups is 1. The van der Waals surface area contributed by atoms with Crippen LogP contribution in [0.3, 0.4) is 0 Å². The molecule has 36 heavy (non-hydrogen) atoms. The van der Waals surface area contributed by atoms with Gasteiger partial charge in [-0.3, -0.25) is 15.0 Å². The van der Waals surface area contributed by atoms with Crippen molar-refractivity contribution >= 4 is 39.3 Å². The van der Waals surface area contributed by atoms with Crippen LogP contribution in [0.1, 0.15) is 5.56 Å². The maximum Gasteiger partial charge on any atom is 0.324 e. The Hall–Kier alpha value is -4.79. The molecule has 2 amide bonds. The molecule has 0 radical (unpaired) electrons. The number of nitrogens with one attached hydrogen (secondary N) is 2. The van der Waals surface area contributed by atoms with Gasteiger partial charge in [-0.2, -0.15) is 5.10 Å². The number of fused-ring (bicyclic) bond motifs is 2. The maximum atomic E-state index is 12.5. The van der Waals surface area contributed by atoms with Crippen molar-refractivity contribution < 1.29 is 19.0 Å². The normalized spacial score (nSPS) is 10.9. The number of methoxy groups -OCH3 is 2. The topological polar surface area (TPSA) is 99.5 Å². The van der Waals surface area contributed by atoms with Crippen LogP contribution in [-0.4, -0.2) is 35.0 Å². The Balaban J connectivity index is 1.41. The van der Waals surface area contributed by atoms with Crippen molar-refractivity contribution in [3.63, 3.8) is 0 Å². The van der Waals surface area contributed by atoms with Gasteiger partial charge < -0.3 is 19.5 Å². The van der Waals surface area contributed by atoms with E-state index in [-0.39, 0.29) is 6.03 Å². The number of pyridine rings is 1. The van der Waals surface area contributed by atoms with Gasteiger partial charge in [-0.15, -0.1) is 0 Å². The molecule has 0 spiro atoms. The second-order valence-electron chi connectivity index (χ2n) is 8.23. The van der Waals surface area contributed by atoms with Gasteiger partial charge in [0.2, 0.25) is 0 Å². The molecule has 0 atom stereocenters. The van der Waals surface area contributed by atoms with Crippen LogP contribution in [0.4, 0.5) is 16.3 Å². The van der Waals surface area contributed by atoms with E-state index in [0.29, 0.717) is 34.5 Å². The van der Waals surface area contributed by atoms with Crippen LogP contribution in [0.5, 0.6) is 23.0 Å². The second kappa shape index (κ2) is 9.46. The fraction of sp³-hybridized carbons (Fsp3) is 0.148. The summed E-state index contributed by atoms with van der Waals surface area (Å²) in [7, 11) is 4.99. The molecule has 2 aromatic heterocycles. The summed E-state index contributed by atoms with van der Waals surface area (Å²) in [6.45, 7) is 1.99. The lowest BCUT2D eigenvalue weighted by Crippen LogP contribution is -2.19. The van der Waals surface area contributed by atoms with Gasteiger partial charge in [0.1, 0.15) is 11.5 Å². The summed E-state index contributed by atoms with van der Waals surface area (Å²) in [5.41, 5.74) is 3.34. The molecule has 5 rings (SSSR count). The van der Waals surface area contributed by atoms with Gasteiger partial charge in [0.15, 0.2) is 17.3 Å². The Morgan fingerprint density at radius 3 is 2.36 bits per heavy atom. The number of amides is 2. The molecule has 2 heterocycles. The minimum absolute atomic E-state index is 0.369. The molecule has 0 saturated carbocycles. The third-order valence-electron chi connectivity index (χ3n) is 5.80. The van der Waals surface area contributed by atoms with Gasteiger partial charge in [-0.1, -0.05) is 17.7 Å². The summed E-state index contributed by atoms with van der Waals surface area (Å²) in [5, 5.41) is 11.7. The van der Waals surface area contributed by atoms with E-state index in [9.17, 15) is 4.79 Å². The molecule has 182 valence electrons. The van der Waals surface area contributed by atoms with Crippen molar-refractivity contribution in [3.05, 3.63) is 72.4 Å². The molecule has 0 fully saturated rings. The van der Waals surface area contributed by atoms with Crippen LogP contribution in [-0.2, 0) is 7.05 Å². The molecule has 0 aliphatic carbocycles. The van der Waals surface area contributed by atoms with Crippen molar-refractivity contribution in [3.8, 4) is 23.0 Å². The average Bonchev–Trinajstić information content (AvgIpc) is 3.18. The minimum atomic E-state index is -0.369. The van der Waals surface area contributed by atoms with Gasteiger partial charge in [0.05, 0.1) is 25.3 Å². The van der Waals surface area contributed by atoms with Gasteiger partial charge in [0, 0.05) is 41.8 Å². The molecular weight excluding hydrogens is 458 g/mol. The van der Waals surface area contributed by atoms with Gasteiger partial charge >= 0.3 is 6.03 Å². The lowest BCUT2D eigenvalue weighted by Gasteiger charge is -2.12. The van der Waals surface area contributed by atoms with E-state index < -0.39 is 0 Å². The van der Waals surface area contributed by atoms with E-state index in [2.05, 4.69) is 20.7 Å². The molecule has 3 aromatic carbocycles. The number of aromatic nitrogens is 3. The summed E-state index contributed by atoms with van der Waals surface area (Å²) in [6.07, 6.45) is 1.68. The van der Waals surface area contributed by atoms with Crippen molar-refractivity contribution in [1.82, 2.24) is 14.8 Å². The highest BCUT2D eigenvalue weighted by atomic mass is 16.5. The number of rotatable bonds is 6. The van der Waals surface area contributed by atoms with E-state index in [1.807, 2.05) is 68.6 Å². The lowest BCUT2D eigenvalue weighted by molar-refractivity contribution is 0.262. The zero-order valence-corrected chi connectivity index (χ0v) is 20.3. The fourth-order valence-corrected chi connectivity index (χ4v) is 3.96. The zero-order valence-electron chi connectivity index (χ0n) is 20.3. The molecule has 9 nitrogen and oxygen atoms in total. The van der Waals surface area contributed by atoms with E-state index in [1.54, 1.807) is 31.2 Å². The first-order valence-corrected chi connectivity index (χ1v) is 11.2. The van der Waals surface area contributed by atoms with Crippen molar-refractivity contribution in [1.29, 1.82) is 0 Å². The minimum Gasteiger partial charge on any atom is -0.493 e. The van der Waals surface area contributed by atoms with Crippen LogP contribution in [0.25, 0.3) is 21.8 Å². The average molecular weight is 484 g/mol. The van der Waals surface area contributed by atoms with Gasteiger partial charge in [-0.25, -0.2) is 4.79 Å². The lowest BCUT2D eigenvalue weighted by atomic mass is 10.1. The Bertz CT molecular complexity index is 1580. The van der Waals surface area contributed by atoms with E-state index in [0.717, 1.165) is 27.4 Å². The first kappa shape index (κ1) is 23.0. The number of nitrogens with zero attached hydrogens (tertiary/aromatic N) is 3. The van der Waals surface area contributed by atoms with Gasteiger partial charge in [-0.05, 0) is 43.3 Å². The van der Waals surface area contributed by atoms with Crippen LogP contribution in [0, 0.1) is 6.92 Å². The molecular formula is C27H25N5O4. The molecule has 5 aromatic rings. The largest absolute Gasteiger partial charge is 0.493 e. The van der Waals surface area contributed by atoms with E-state index >= 15 is 0 Å². The smallest absolute Gasteiger partial charge is 0.324 e. The standard InChI is InChI=1S/C27H25N5O4/c1-16-5-7-17(8-6-16)29-27(33)30-26-19-10-9-18(13-22(19)32(2)31-26)36-23-11-12-28-21-15-25(35-4)24(34-3)14-20(21)23/h5-15H,1-4H3,(H2,29,30,31,33). The molecule has 0 bridgehead atoms. The number of hydrogen-bond acceptors (Lipinski definition) is 6.